The van der Waals surface area contributed by atoms with Crippen LogP contribution in [0.1, 0.15) is 11.7 Å². The third kappa shape index (κ3) is 3.73. The molecule has 0 radical (unpaired) electrons. The topological polar surface area (TPSA) is 29.5 Å². The van der Waals surface area contributed by atoms with E-state index in [9.17, 15) is 9.50 Å². The van der Waals surface area contributed by atoms with Crippen LogP contribution in [0, 0.1) is 5.82 Å². The highest BCUT2D eigenvalue weighted by Crippen LogP contribution is 2.33. The molecule has 0 spiro atoms. The van der Waals surface area contributed by atoms with Gasteiger partial charge in [-0.2, -0.15) is 0 Å². The van der Waals surface area contributed by atoms with Gasteiger partial charge in [0.1, 0.15) is 24.3 Å². The third-order valence-electron chi connectivity index (χ3n) is 2.63. The molecule has 2 rings (SSSR count). The summed E-state index contributed by atoms with van der Waals surface area (Å²) in [5, 5.41) is 10.3. The molecule has 2 aromatic rings. The molecule has 0 heterocycles. The minimum Gasteiger partial charge on any atom is -0.488 e. The van der Waals surface area contributed by atoms with Gasteiger partial charge in [-0.15, -0.1) is 0 Å². The number of rotatable bonds is 4. The zero-order chi connectivity index (χ0) is 14.7. The van der Waals surface area contributed by atoms with Crippen molar-refractivity contribution in [2.75, 3.05) is 6.61 Å². The SMILES string of the molecule is OC(COc1c(Br)cccc1Br)c1ccc(Cl)cc1F. The van der Waals surface area contributed by atoms with Gasteiger partial charge < -0.3 is 9.84 Å². The molecular weight excluding hydrogens is 414 g/mol. The maximum absolute atomic E-state index is 13.7. The Bertz CT molecular complexity index is 602. The molecule has 1 unspecified atom stereocenters. The Morgan fingerprint density at radius 1 is 1.20 bits per heavy atom. The summed E-state index contributed by atoms with van der Waals surface area (Å²) in [5.74, 6) is 0.000662. The lowest BCUT2D eigenvalue weighted by molar-refractivity contribution is 0.104. The molecule has 0 aliphatic carbocycles. The minimum atomic E-state index is -1.08. The molecule has 0 saturated heterocycles. The van der Waals surface area contributed by atoms with E-state index in [-0.39, 0.29) is 17.2 Å². The molecular formula is C14H10Br2ClFO2. The van der Waals surface area contributed by atoms with Crippen LogP contribution < -0.4 is 4.74 Å². The van der Waals surface area contributed by atoms with Crippen LogP contribution in [0.4, 0.5) is 4.39 Å². The Morgan fingerprint density at radius 3 is 2.45 bits per heavy atom. The van der Waals surface area contributed by atoms with E-state index in [1.54, 1.807) is 0 Å². The summed E-state index contributed by atoms with van der Waals surface area (Å²) < 4.78 is 20.7. The van der Waals surface area contributed by atoms with Gasteiger partial charge in [0, 0.05) is 10.6 Å². The van der Waals surface area contributed by atoms with Crippen LogP contribution in [-0.4, -0.2) is 11.7 Å². The third-order valence-corrected chi connectivity index (χ3v) is 4.11. The van der Waals surface area contributed by atoms with E-state index in [0.717, 1.165) is 15.0 Å². The lowest BCUT2D eigenvalue weighted by atomic mass is 10.1. The zero-order valence-corrected chi connectivity index (χ0v) is 14.0. The number of para-hydroxylation sites is 1. The molecule has 1 N–H and O–H groups in total. The van der Waals surface area contributed by atoms with Crippen molar-refractivity contribution in [3.63, 3.8) is 0 Å². The molecule has 106 valence electrons. The van der Waals surface area contributed by atoms with Crippen molar-refractivity contribution < 1.29 is 14.2 Å². The monoisotopic (exact) mass is 422 g/mol. The van der Waals surface area contributed by atoms with E-state index in [0.29, 0.717) is 5.75 Å². The molecule has 6 heteroatoms. The lowest BCUT2D eigenvalue weighted by Gasteiger charge is -2.15. The van der Waals surface area contributed by atoms with E-state index in [1.807, 2.05) is 18.2 Å². The molecule has 0 aliphatic rings. The molecule has 0 saturated carbocycles. The van der Waals surface area contributed by atoms with Crippen LogP contribution in [0.2, 0.25) is 5.02 Å². The Kier molecular flexibility index (Phi) is 5.43. The van der Waals surface area contributed by atoms with Gasteiger partial charge in [0.15, 0.2) is 0 Å². The van der Waals surface area contributed by atoms with Gasteiger partial charge in [0.05, 0.1) is 8.95 Å². The summed E-state index contributed by atoms with van der Waals surface area (Å²) in [5.41, 5.74) is 0.151. The Morgan fingerprint density at radius 2 is 1.85 bits per heavy atom. The van der Waals surface area contributed by atoms with Gasteiger partial charge in [-0.1, -0.05) is 23.7 Å². The van der Waals surface area contributed by atoms with Gasteiger partial charge in [-0.3, -0.25) is 0 Å². The van der Waals surface area contributed by atoms with Gasteiger partial charge in [-0.25, -0.2) is 4.39 Å². The first kappa shape index (κ1) is 15.8. The number of aliphatic hydroxyl groups excluding tert-OH is 1. The van der Waals surface area contributed by atoms with E-state index < -0.39 is 11.9 Å². The second-order valence-corrected chi connectivity index (χ2v) is 6.19. The Balaban J connectivity index is 2.11. The maximum Gasteiger partial charge on any atom is 0.147 e. The summed E-state index contributed by atoms with van der Waals surface area (Å²) >= 11 is 12.4. The normalized spacial score (nSPS) is 12.2. The minimum absolute atomic E-state index is 0.0697. The second kappa shape index (κ2) is 6.89. The second-order valence-electron chi connectivity index (χ2n) is 4.04. The quantitative estimate of drug-likeness (QED) is 0.739. The van der Waals surface area contributed by atoms with Gasteiger partial charge in [0.25, 0.3) is 0 Å². The van der Waals surface area contributed by atoms with Crippen molar-refractivity contribution in [1.29, 1.82) is 0 Å². The Labute approximate surface area is 137 Å². The van der Waals surface area contributed by atoms with E-state index in [1.165, 1.54) is 12.1 Å². The summed E-state index contributed by atoms with van der Waals surface area (Å²) in [4.78, 5) is 0. The van der Waals surface area contributed by atoms with Crippen molar-refractivity contribution >= 4 is 43.5 Å². The largest absolute Gasteiger partial charge is 0.488 e. The smallest absolute Gasteiger partial charge is 0.147 e. The summed E-state index contributed by atoms with van der Waals surface area (Å²) in [6, 6.07) is 9.60. The van der Waals surface area contributed by atoms with Crippen LogP contribution >= 0.6 is 43.5 Å². The summed E-state index contributed by atoms with van der Waals surface area (Å²) in [7, 11) is 0. The van der Waals surface area contributed by atoms with Crippen molar-refractivity contribution in [1.82, 2.24) is 0 Å². The Hall–Kier alpha value is -0.620. The van der Waals surface area contributed by atoms with Crippen molar-refractivity contribution in [2.45, 2.75) is 6.10 Å². The fraction of sp³-hybridized carbons (Fsp3) is 0.143. The maximum atomic E-state index is 13.7. The van der Waals surface area contributed by atoms with Crippen LogP contribution in [0.5, 0.6) is 5.75 Å². The highest BCUT2D eigenvalue weighted by molar-refractivity contribution is 9.11. The van der Waals surface area contributed by atoms with Gasteiger partial charge in [-0.05, 0) is 56.1 Å². The molecule has 0 fully saturated rings. The lowest BCUT2D eigenvalue weighted by Crippen LogP contribution is -2.11. The van der Waals surface area contributed by atoms with Gasteiger partial charge in [0.2, 0.25) is 0 Å². The molecule has 20 heavy (non-hydrogen) atoms. The molecule has 0 bridgehead atoms. The van der Waals surface area contributed by atoms with Crippen LogP contribution in [0.15, 0.2) is 45.3 Å². The first-order valence-electron chi connectivity index (χ1n) is 5.69. The molecule has 0 amide bonds. The first-order chi connectivity index (χ1) is 9.49. The number of halogens is 4. The highest BCUT2D eigenvalue weighted by atomic mass is 79.9. The number of hydrogen-bond donors (Lipinski definition) is 1. The van der Waals surface area contributed by atoms with Crippen molar-refractivity contribution in [2.24, 2.45) is 0 Å². The van der Waals surface area contributed by atoms with Crippen molar-refractivity contribution in [3.8, 4) is 5.75 Å². The van der Waals surface area contributed by atoms with Crippen LogP contribution in [0.25, 0.3) is 0 Å². The molecule has 1 atom stereocenters. The van der Waals surface area contributed by atoms with Crippen LogP contribution in [0.3, 0.4) is 0 Å². The van der Waals surface area contributed by atoms with Crippen LogP contribution in [-0.2, 0) is 0 Å². The van der Waals surface area contributed by atoms with Gasteiger partial charge >= 0.3 is 0 Å². The highest BCUT2D eigenvalue weighted by Gasteiger charge is 2.15. The molecule has 2 aromatic carbocycles. The molecule has 2 nitrogen and oxygen atoms in total. The van der Waals surface area contributed by atoms with E-state index >= 15 is 0 Å². The summed E-state index contributed by atoms with van der Waals surface area (Å²) in [6.07, 6.45) is -1.08. The molecule has 0 aromatic heterocycles. The standard InChI is InChI=1S/C14H10Br2ClFO2/c15-10-2-1-3-11(16)14(10)20-7-13(19)9-5-4-8(17)6-12(9)18/h1-6,13,19H,7H2. The van der Waals surface area contributed by atoms with Crippen molar-refractivity contribution in [3.05, 3.63) is 61.7 Å². The predicted molar refractivity (Wildman–Crippen MR) is 83.7 cm³/mol. The number of aliphatic hydroxyl groups is 1. The predicted octanol–water partition coefficient (Wildman–Crippen LogP) is 5.12. The average Bonchev–Trinajstić information content (AvgIpc) is 2.37. The summed E-state index contributed by atoms with van der Waals surface area (Å²) in [6.45, 7) is -0.0697. The first-order valence-corrected chi connectivity index (χ1v) is 7.65. The number of benzene rings is 2. The van der Waals surface area contributed by atoms with E-state index in [2.05, 4.69) is 31.9 Å². The van der Waals surface area contributed by atoms with E-state index in [4.69, 9.17) is 16.3 Å². The zero-order valence-electron chi connectivity index (χ0n) is 10.1. The number of ether oxygens (including phenoxy) is 1. The average molecular weight is 424 g/mol. The molecule has 0 aliphatic heterocycles. The number of hydrogen-bond acceptors (Lipinski definition) is 2. The fourth-order valence-corrected chi connectivity index (χ4v) is 3.03. The fourth-order valence-electron chi connectivity index (χ4n) is 1.64.